The second-order valence-electron chi connectivity index (χ2n) is 7.25. The third-order valence-corrected chi connectivity index (χ3v) is 7.00. The number of benzene rings is 2. The van der Waals surface area contributed by atoms with Gasteiger partial charge in [0.15, 0.2) is 0 Å². The van der Waals surface area contributed by atoms with Crippen molar-refractivity contribution in [3.63, 3.8) is 0 Å². The number of nitrogens with zero attached hydrogens (tertiary/aromatic N) is 1. The topological polar surface area (TPSA) is 113 Å². The molecule has 0 aromatic heterocycles. The Morgan fingerprint density at radius 1 is 1.00 bits per heavy atom. The number of aromatic carboxylic acids is 1. The van der Waals surface area contributed by atoms with Crippen molar-refractivity contribution >= 4 is 27.6 Å². The number of nitrogens with one attached hydrogen (secondary N) is 1. The number of rotatable bonds is 7. The molecule has 1 aliphatic heterocycles. The molecule has 31 heavy (non-hydrogen) atoms. The smallest absolute Gasteiger partial charge is 0.335 e. The van der Waals surface area contributed by atoms with Crippen molar-refractivity contribution in [1.29, 1.82) is 0 Å². The summed E-state index contributed by atoms with van der Waals surface area (Å²) in [5, 5.41) is 11.6. The molecule has 2 aromatic carbocycles. The number of carboxylic acids is 1. The van der Waals surface area contributed by atoms with Crippen LogP contribution in [0.3, 0.4) is 0 Å². The first kappa shape index (κ1) is 22.8. The van der Waals surface area contributed by atoms with Crippen LogP contribution >= 0.6 is 0 Å². The first-order chi connectivity index (χ1) is 14.8. The monoisotopic (exact) mass is 446 g/mol. The normalized spacial score (nSPS) is 15.1. The van der Waals surface area contributed by atoms with Crippen LogP contribution in [0.2, 0.25) is 0 Å². The van der Waals surface area contributed by atoms with Crippen LogP contribution in [-0.4, -0.2) is 49.4 Å². The summed E-state index contributed by atoms with van der Waals surface area (Å²) < 4.78 is 33.7. The number of carbonyl (C=O) groups excluding carboxylic acids is 1. The molecule has 0 radical (unpaired) electrons. The van der Waals surface area contributed by atoms with Crippen molar-refractivity contribution in [2.75, 3.05) is 25.0 Å². The van der Waals surface area contributed by atoms with Gasteiger partial charge >= 0.3 is 5.97 Å². The van der Waals surface area contributed by atoms with E-state index in [-0.39, 0.29) is 21.8 Å². The third kappa shape index (κ3) is 5.42. The number of amides is 1. The fraction of sp³-hybridized carbons (Fsp3) is 0.364. The lowest BCUT2D eigenvalue weighted by atomic mass is 10.1. The zero-order valence-electron chi connectivity index (χ0n) is 17.3. The minimum atomic E-state index is -3.82. The van der Waals surface area contributed by atoms with Gasteiger partial charge in [-0.15, -0.1) is 0 Å². The van der Waals surface area contributed by atoms with Gasteiger partial charge in [-0.25, -0.2) is 13.2 Å². The summed E-state index contributed by atoms with van der Waals surface area (Å²) in [7, 11) is -3.82. The molecule has 1 fully saturated rings. The summed E-state index contributed by atoms with van der Waals surface area (Å²) in [6.07, 6.45) is 3.59. The quantitative estimate of drug-likeness (QED) is 0.672. The van der Waals surface area contributed by atoms with Crippen molar-refractivity contribution in [2.45, 2.75) is 37.5 Å². The highest BCUT2D eigenvalue weighted by Gasteiger charge is 2.29. The Hall–Kier alpha value is -2.91. The fourth-order valence-electron chi connectivity index (χ4n) is 3.45. The predicted molar refractivity (Wildman–Crippen MR) is 116 cm³/mol. The molecule has 166 valence electrons. The van der Waals surface area contributed by atoms with Gasteiger partial charge in [0.25, 0.3) is 5.91 Å². The molecule has 0 aliphatic carbocycles. The Morgan fingerprint density at radius 3 is 2.19 bits per heavy atom. The Kier molecular flexibility index (Phi) is 7.29. The van der Waals surface area contributed by atoms with E-state index in [0.717, 1.165) is 25.7 Å². The number of carboxylic acid groups (broad SMARTS) is 1. The average molecular weight is 447 g/mol. The van der Waals surface area contributed by atoms with Gasteiger partial charge in [0.05, 0.1) is 12.2 Å². The highest BCUT2D eigenvalue weighted by atomic mass is 32.2. The first-order valence-corrected chi connectivity index (χ1v) is 11.7. The Morgan fingerprint density at radius 2 is 1.61 bits per heavy atom. The van der Waals surface area contributed by atoms with Crippen LogP contribution in [0.5, 0.6) is 5.75 Å². The lowest BCUT2D eigenvalue weighted by Gasteiger charge is -2.22. The minimum absolute atomic E-state index is 0.0230. The summed E-state index contributed by atoms with van der Waals surface area (Å²) in [5.41, 5.74) is 0.671. The number of anilines is 1. The lowest BCUT2D eigenvalue weighted by molar-refractivity contribution is 0.0696. The summed E-state index contributed by atoms with van der Waals surface area (Å²) in [6, 6.07) is 10.1. The van der Waals surface area contributed by atoms with Crippen LogP contribution in [0.15, 0.2) is 47.4 Å². The highest BCUT2D eigenvalue weighted by Crippen LogP contribution is 2.30. The van der Waals surface area contributed by atoms with Gasteiger partial charge in [-0.2, -0.15) is 4.31 Å². The van der Waals surface area contributed by atoms with E-state index in [9.17, 15) is 18.0 Å². The molecule has 1 aliphatic rings. The molecule has 1 heterocycles. The van der Waals surface area contributed by atoms with E-state index in [2.05, 4.69) is 5.32 Å². The standard InChI is InChI=1S/C22H26N2O6S/c1-2-30-19-12-9-17(21(25)23-18-10-7-16(8-11-18)22(26)27)15-20(19)31(28,29)24-13-5-3-4-6-14-24/h7-12,15H,2-6,13-14H2,1H3,(H,23,25)(H,26,27). The number of sulfonamides is 1. The lowest BCUT2D eigenvalue weighted by Crippen LogP contribution is -2.32. The van der Waals surface area contributed by atoms with Gasteiger partial charge in [-0.05, 0) is 62.2 Å². The largest absolute Gasteiger partial charge is 0.492 e. The van der Waals surface area contributed by atoms with E-state index in [0.29, 0.717) is 25.4 Å². The summed E-state index contributed by atoms with van der Waals surface area (Å²) in [6.45, 7) is 2.95. The first-order valence-electron chi connectivity index (χ1n) is 10.2. The third-order valence-electron chi connectivity index (χ3n) is 5.08. The number of hydrogen-bond donors (Lipinski definition) is 2. The molecule has 0 saturated carbocycles. The van der Waals surface area contributed by atoms with Crippen molar-refractivity contribution in [3.8, 4) is 5.75 Å². The van der Waals surface area contributed by atoms with Crippen LogP contribution in [0.1, 0.15) is 53.3 Å². The van der Waals surface area contributed by atoms with Gasteiger partial charge in [0, 0.05) is 24.3 Å². The van der Waals surface area contributed by atoms with E-state index >= 15 is 0 Å². The summed E-state index contributed by atoms with van der Waals surface area (Å²) >= 11 is 0. The van der Waals surface area contributed by atoms with Crippen molar-refractivity contribution in [3.05, 3.63) is 53.6 Å². The van der Waals surface area contributed by atoms with Crippen LogP contribution in [0.25, 0.3) is 0 Å². The molecule has 0 spiro atoms. The number of carbonyl (C=O) groups is 2. The molecule has 2 aromatic rings. The maximum atomic E-state index is 13.3. The van der Waals surface area contributed by atoms with Gasteiger partial charge in [-0.3, -0.25) is 4.79 Å². The second-order valence-corrected chi connectivity index (χ2v) is 9.16. The van der Waals surface area contributed by atoms with Crippen LogP contribution < -0.4 is 10.1 Å². The molecule has 0 bridgehead atoms. The molecule has 8 nitrogen and oxygen atoms in total. The van der Waals surface area contributed by atoms with Crippen molar-refractivity contribution in [2.24, 2.45) is 0 Å². The Bertz CT molecular complexity index is 1040. The molecule has 2 N–H and O–H groups in total. The van der Waals surface area contributed by atoms with E-state index in [1.165, 1.54) is 46.8 Å². The van der Waals surface area contributed by atoms with Gasteiger partial charge in [0.1, 0.15) is 10.6 Å². The minimum Gasteiger partial charge on any atom is -0.492 e. The van der Waals surface area contributed by atoms with Crippen molar-refractivity contribution < 1.29 is 27.9 Å². The molecule has 3 rings (SSSR count). The zero-order valence-corrected chi connectivity index (χ0v) is 18.2. The van der Waals surface area contributed by atoms with Crippen LogP contribution in [0.4, 0.5) is 5.69 Å². The Balaban J connectivity index is 1.89. The molecular formula is C22H26N2O6S. The molecular weight excluding hydrogens is 420 g/mol. The summed E-state index contributed by atoms with van der Waals surface area (Å²) in [4.78, 5) is 23.7. The SMILES string of the molecule is CCOc1ccc(C(=O)Nc2ccc(C(=O)O)cc2)cc1S(=O)(=O)N1CCCCCC1. The maximum absolute atomic E-state index is 13.3. The molecule has 0 unspecified atom stereocenters. The summed E-state index contributed by atoms with van der Waals surface area (Å²) in [5.74, 6) is -1.35. The second kappa shape index (κ2) is 9.93. The number of ether oxygens (including phenoxy) is 1. The molecule has 1 saturated heterocycles. The maximum Gasteiger partial charge on any atom is 0.335 e. The van der Waals surface area contributed by atoms with E-state index in [1.807, 2.05) is 0 Å². The van der Waals surface area contributed by atoms with Crippen molar-refractivity contribution in [1.82, 2.24) is 4.31 Å². The van der Waals surface area contributed by atoms with Crippen LogP contribution in [-0.2, 0) is 10.0 Å². The number of hydrogen-bond acceptors (Lipinski definition) is 5. The van der Waals surface area contributed by atoms with Gasteiger partial charge in [0.2, 0.25) is 10.0 Å². The van der Waals surface area contributed by atoms with Gasteiger partial charge < -0.3 is 15.2 Å². The fourth-order valence-corrected chi connectivity index (χ4v) is 5.12. The molecule has 0 atom stereocenters. The van der Waals surface area contributed by atoms with E-state index in [1.54, 1.807) is 6.92 Å². The highest BCUT2D eigenvalue weighted by molar-refractivity contribution is 7.89. The molecule has 1 amide bonds. The van der Waals surface area contributed by atoms with E-state index < -0.39 is 21.9 Å². The zero-order chi connectivity index (χ0) is 22.4. The van der Waals surface area contributed by atoms with Crippen LogP contribution in [0, 0.1) is 0 Å². The average Bonchev–Trinajstić information content (AvgIpc) is 3.04. The van der Waals surface area contributed by atoms with Gasteiger partial charge in [-0.1, -0.05) is 12.8 Å². The Labute approximate surface area is 181 Å². The predicted octanol–water partition coefficient (Wildman–Crippen LogP) is 3.60. The molecule has 9 heteroatoms. The van der Waals surface area contributed by atoms with E-state index in [4.69, 9.17) is 9.84 Å².